The maximum absolute atomic E-state index is 13.1. The molecule has 0 aliphatic rings. The summed E-state index contributed by atoms with van der Waals surface area (Å²) in [6, 6.07) is 9.46. The van der Waals surface area contributed by atoms with Crippen molar-refractivity contribution in [3.8, 4) is 0 Å². The van der Waals surface area contributed by atoms with Gasteiger partial charge in [0.1, 0.15) is 17.2 Å². The largest absolute Gasteiger partial charge is 0.459 e. The smallest absolute Gasteiger partial charge is 0.137 e. The molecule has 0 saturated carbocycles. The third kappa shape index (κ3) is 2.71. The number of nitrogens with two attached hydrogens (primary N) is 1. The summed E-state index contributed by atoms with van der Waals surface area (Å²) >= 11 is 9.52. The molecule has 108 valence electrons. The zero-order chi connectivity index (χ0) is 15.1. The van der Waals surface area contributed by atoms with Gasteiger partial charge in [-0.05, 0) is 48.4 Å². The van der Waals surface area contributed by atoms with Crippen LogP contribution in [0, 0.1) is 12.7 Å². The summed E-state index contributed by atoms with van der Waals surface area (Å²) in [5.74, 6) is 0.208. The minimum atomic E-state index is -0.538. The average Bonchev–Trinajstić information content (AvgIpc) is 2.82. The number of halogens is 3. The lowest BCUT2D eigenvalue weighted by Crippen LogP contribution is -2.11. The van der Waals surface area contributed by atoms with E-state index in [1.165, 1.54) is 12.1 Å². The SMILES string of the molecule is Cc1cc(Br)cc2cc(C(N)c3ccc(F)cc3Cl)oc12. The first kappa shape index (κ1) is 14.6. The van der Waals surface area contributed by atoms with Crippen molar-refractivity contribution in [2.45, 2.75) is 13.0 Å². The van der Waals surface area contributed by atoms with Gasteiger partial charge in [-0.15, -0.1) is 0 Å². The van der Waals surface area contributed by atoms with Crippen LogP contribution >= 0.6 is 27.5 Å². The highest BCUT2D eigenvalue weighted by Gasteiger charge is 2.18. The number of hydrogen-bond donors (Lipinski definition) is 1. The van der Waals surface area contributed by atoms with Crippen molar-refractivity contribution in [3.63, 3.8) is 0 Å². The lowest BCUT2D eigenvalue weighted by Gasteiger charge is -2.11. The Morgan fingerprint density at radius 2 is 2.00 bits per heavy atom. The Kier molecular flexibility index (Phi) is 3.78. The highest BCUT2D eigenvalue weighted by molar-refractivity contribution is 9.10. The molecule has 0 spiro atoms. The van der Waals surface area contributed by atoms with Crippen molar-refractivity contribution < 1.29 is 8.81 Å². The molecule has 21 heavy (non-hydrogen) atoms. The van der Waals surface area contributed by atoms with Crippen LogP contribution < -0.4 is 5.73 Å². The third-order valence-corrected chi connectivity index (χ3v) is 4.18. The first-order valence-corrected chi connectivity index (χ1v) is 7.53. The van der Waals surface area contributed by atoms with E-state index in [4.69, 9.17) is 21.8 Å². The number of hydrogen-bond acceptors (Lipinski definition) is 2. The second-order valence-corrected chi connectivity index (χ2v) is 6.26. The molecule has 0 saturated heterocycles. The molecular weight excluding hydrogens is 357 g/mol. The predicted molar refractivity (Wildman–Crippen MR) is 86.1 cm³/mol. The first-order valence-electron chi connectivity index (χ1n) is 6.36. The van der Waals surface area contributed by atoms with Crippen LogP contribution in [-0.2, 0) is 0 Å². The summed E-state index contributed by atoms with van der Waals surface area (Å²) in [7, 11) is 0. The van der Waals surface area contributed by atoms with Gasteiger partial charge < -0.3 is 10.2 Å². The average molecular weight is 369 g/mol. The monoisotopic (exact) mass is 367 g/mol. The molecule has 0 radical (unpaired) electrons. The van der Waals surface area contributed by atoms with Gasteiger partial charge in [0.05, 0.1) is 6.04 Å². The molecule has 1 heterocycles. The summed E-state index contributed by atoms with van der Waals surface area (Å²) in [6.07, 6.45) is 0. The van der Waals surface area contributed by atoms with Crippen molar-refractivity contribution >= 4 is 38.5 Å². The van der Waals surface area contributed by atoms with Crippen LogP contribution in [0.1, 0.15) is 22.9 Å². The second-order valence-electron chi connectivity index (χ2n) is 4.93. The summed E-state index contributed by atoms with van der Waals surface area (Å²) in [5, 5.41) is 1.26. The van der Waals surface area contributed by atoms with E-state index in [2.05, 4.69) is 15.9 Å². The van der Waals surface area contributed by atoms with Gasteiger partial charge in [0, 0.05) is 14.9 Å². The highest BCUT2D eigenvalue weighted by atomic mass is 79.9. The van der Waals surface area contributed by atoms with E-state index in [1.54, 1.807) is 6.07 Å². The van der Waals surface area contributed by atoms with Crippen LogP contribution in [-0.4, -0.2) is 0 Å². The molecule has 2 aromatic carbocycles. The molecule has 0 aliphatic heterocycles. The van der Waals surface area contributed by atoms with Gasteiger partial charge in [0.15, 0.2) is 0 Å². The van der Waals surface area contributed by atoms with Gasteiger partial charge in [-0.2, -0.15) is 0 Å². The van der Waals surface area contributed by atoms with Gasteiger partial charge in [-0.1, -0.05) is 33.6 Å². The Bertz CT molecular complexity index is 831. The zero-order valence-electron chi connectivity index (χ0n) is 11.2. The summed E-state index contributed by atoms with van der Waals surface area (Å²) in [5.41, 5.74) is 8.65. The Morgan fingerprint density at radius 3 is 2.71 bits per heavy atom. The van der Waals surface area contributed by atoms with Crippen LogP contribution in [0.5, 0.6) is 0 Å². The molecule has 1 aromatic heterocycles. The van der Waals surface area contributed by atoms with E-state index in [0.29, 0.717) is 16.3 Å². The van der Waals surface area contributed by atoms with Gasteiger partial charge in [-0.3, -0.25) is 0 Å². The number of aryl methyl sites for hydroxylation is 1. The van der Waals surface area contributed by atoms with Crippen molar-refractivity contribution in [2.24, 2.45) is 5.73 Å². The van der Waals surface area contributed by atoms with Crippen molar-refractivity contribution in [1.82, 2.24) is 0 Å². The van der Waals surface area contributed by atoms with Crippen LogP contribution in [0.3, 0.4) is 0 Å². The fourth-order valence-corrected chi connectivity index (χ4v) is 3.24. The van der Waals surface area contributed by atoms with Gasteiger partial charge in [0.25, 0.3) is 0 Å². The molecule has 0 fully saturated rings. The predicted octanol–water partition coefficient (Wildman–Crippen LogP) is 5.34. The van der Waals surface area contributed by atoms with E-state index < -0.39 is 6.04 Å². The molecule has 2 N–H and O–H groups in total. The van der Waals surface area contributed by atoms with Crippen LogP contribution in [0.4, 0.5) is 4.39 Å². The van der Waals surface area contributed by atoms with Crippen LogP contribution in [0.2, 0.25) is 5.02 Å². The standard InChI is InChI=1S/C16H12BrClFNO/c1-8-4-10(17)5-9-6-14(21-16(8)9)15(20)12-3-2-11(19)7-13(12)18/h2-7,15H,20H2,1H3. The Morgan fingerprint density at radius 1 is 1.24 bits per heavy atom. The second kappa shape index (κ2) is 5.44. The Balaban J connectivity index is 2.09. The van der Waals surface area contributed by atoms with Crippen molar-refractivity contribution in [2.75, 3.05) is 0 Å². The fraction of sp³-hybridized carbons (Fsp3) is 0.125. The van der Waals surface area contributed by atoms with E-state index in [9.17, 15) is 4.39 Å². The number of furan rings is 1. The Labute approximate surface area is 134 Å². The molecule has 0 aliphatic carbocycles. The van der Waals surface area contributed by atoms with E-state index in [1.807, 2.05) is 25.1 Å². The molecule has 2 nitrogen and oxygen atoms in total. The maximum atomic E-state index is 13.1. The molecule has 0 bridgehead atoms. The molecular formula is C16H12BrClFNO. The normalized spacial score (nSPS) is 12.8. The minimum Gasteiger partial charge on any atom is -0.459 e. The molecule has 1 unspecified atom stereocenters. The summed E-state index contributed by atoms with van der Waals surface area (Å²) in [6.45, 7) is 1.97. The fourth-order valence-electron chi connectivity index (χ4n) is 2.36. The Hall–Kier alpha value is -1.36. The topological polar surface area (TPSA) is 39.2 Å². The molecule has 3 rings (SSSR count). The summed E-state index contributed by atoms with van der Waals surface area (Å²) < 4.78 is 20.0. The lowest BCUT2D eigenvalue weighted by molar-refractivity contribution is 0.523. The van der Waals surface area contributed by atoms with Gasteiger partial charge in [0.2, 0.25) is 0 Å². The maximum Gasteiger partial charge on any atom is 0.137 e. The van der Waals surface area contributed by atoms with Crippen LogP contribution in [0.15, 0.2) is 45.3 Å². The van der Waals surface area contributed by atoms with E-state index in [0.717, 1.165) is 21.0 Å². The lowest BCUT2D eigenvalue weighted by atomic mass is 10.0. The zero-order valence-corrected chi connectivity index (χ0v) is 13.5. The quantitative estimate of drug-likeness (QED) is 0.663. The van der Waals surface area contributed by atoms with Gasteiger partial charge in [-0.25, -0.2) is 4.39 Å². The number of benzene rings is 2. The summed E-state index contributed by atoms with van der Waals surface area (Å²) in [4.78, 5) is 0. The van der Waals surface area contributed by atoms with Gasteiger partial charge >= 0.3 is 0 Å². The van der Waals surface area contributed by atoms with Crippen LogP contribution in [0.25, 0.3) is 11.0 Å². The van der Waals surface area contributed by atoms with E-state index in [-0.39, 0.29) is 5.82 Å². The third-order valence-electron chi connectivity index (χ3n) is 3.39. The minimum absolute atomic E-state index is 0.292. The first-order chi connectivity index (χ1) is 9.95. The highest BCUT2D eigenvalue weighted by Crippen LogP contribution is 2.33. The molecule has 3 aromatic rings. The molecule has 0 amide bonds. The number of rotatable bonds is 2. The molecule has 5 heteroatoms. The van der Waals surface area contributed by atoms with E-state index >= 15 is 0 Å². The van der Waals surface area contributed by atoms with Crippen molar-refractivity contribution in [3.05, 3.63) is 68.6 Å². The number of fused-ring (bicyclic) bond motifs is 1. The van der Waals surface area contributed by atoms with Crippen molar-refractivity contribution in [1.29, 1.82) is 0 Å². The molecule has 1 atom stereocenters.